The number of aromatic nitrogens is 2. The van der Waals surface area contributed by atoms with E-state index in [-0.39, 0.29) is 11.6 Å². The minimum atomic E-state index is 0.122. The molecule has 0 radical (unpaired) electrons. The highest BCUT2D eigenvalue weighted by Gasteiger charge is 2.12. The van der Waals surface area contributed by atoms with Crippen LogP contribution < -0.4 is 25.4 Å². The number of hydrazone groups is 1. The number of nitrogens with one attached hydrogen (secondary N) is 1. The van der Waals surface area contributed by atoms with Crippen molar-refractivity contribution in [2.45, 2.75) is 0 Å². The summed E-state index contributed by atoms with van der Waals surface area (Å²) < 4.78 is 20.2. The van der Waals surface area contributed by atoms with E-state index in [1.807, 2.05) is 0 Å². The largest absolute Gasteiger partial charge is 0.493 e. The first-order chi connectivity index (χ1) is 10.2. The molecule has 3 N–H and O–H groups in total. The topological polar surface area (TPSA) is 117 Å². The molecule has 9 nitrogen and oxygen atoms in total. The summed E-state index contributed by atoms with van der Waals surface area (Å²) in [5, 5.41) is 10.9. The van der Waals surface area contributed by atoms with Crippen LogP contribution in [0.5, 0.6) is 17.2 Å². The molecule has 0 amide bonds. The Labute approximate surface area is 120 Å². The number of methoxy groups -OCH3 is 3. The van der Waals surface area contributed by atoms with E-state index in [1.165, 1.54) is 21.3 Å². The Bertz CT molecular complexity index is 615. The predicted octanol–water partition coefficient (Wildman–Crippen LogP) is 1.12. The van der Waals surface area contributed by atoms with E-state index in [0.717, 1.165) is 5.56 Å². The molecule has 2 rings (SSSR count). The molecule has 9 heteroatoms. The molecule has 0 saturated heterocycles. The normalized spacial score (nSPS) is 10.6. The third kappa shape index (κ3) is 3.14. The molecule has 0 saturated carbocycles. The Morgan fingerprint density at radius 3 is 2.29 bits per heavy atom. The van der Waals surface area contributed by atoms with Gasteiger partial charge in [0.05, 0.1) is 27.5 Å². The molecule has 1 aromatic heterocycles. The minimum absolute atomic E-state index is 0.122. The van der Waals surface area contributed by atoms with Gasteiger partial charge in [-0.05, 0) is 22.4 Å². The highest BCUT2D eigenvalue weighted by atomic mass is 16.6. The van der Waals surface area contributed by atoms with Crippen molar-refractivity contribution in [2.75, 3.05) is 32.5 Å². The second-order valence-corrected chi connectivity index (χ2v) is 3.83. The van der Waals surface area contributed by atoms with Gasteiger partial charge in [-0.25, -0.2) is 4.63 Å². The highest BCUT2D eigenvalue weighted by Crippen LogP contribution is 2.37. The number of nitrogen functional groups attached to an aromatic ring is 1. The summed E-state index contributed by atoms with van der Waals surface area (Å²) in [7, 11) is 4.62. The van der Waals surface area contributed by atoms with Crippen LogP contribution >= 0.6 is 0 Å². The molecule has 112 valence electrons. The van der Waals surface area contributed by atoms with Gasteiger partial charge in [0.25, 0.3) is 0 Å². The summed E-state index contributed by atoms with van der Waals surface area (Å²) in [6.07, 6.45) is 1.54. The molecule has 1 aromatic carbocycles. The van der Waals surface area contributed by atoms with E-state index in [1.54, 1.807) is 18.3 Å². The minimum Gasteiger partial charge on any atom is -0.493 e. The third-order valence-electron chi connectivity index (χ3n) is 2.59. The van der Waals surface area contributed by atoms with Gasteiger partial charge in [0, 0.05) is 5.56 Å². The molecule has 2 aromatic rings. The van der Waals surface area contributed by atoms with Gasteiger partial charge in [0.15, 0.2) is 11.5 Å². The molecule has 0 aliphatic carbocycles. The maximum absolute atomic E-state index is 5.49. The van der Waals surface area contributed by atoms with E-state index >= 15 is 0 Å². The van der Waals surface area contributed by atoms with Crippen molar-refractivity contribution in [3.05, 3.63) is 17.7 Å². The molecule has 0 atom stereocenters. The zero-order valence-electron chi connectivity index (χ0n) is 11.8. The first kappa shape index (κ1) is 14.4. The van der Waals surface area contributed by atoms with Crippen molar-refractivity contribution >= 4 is 17.9 Å². The maximum atomic E-state index is 5.49. The van der Waals surface area contributed by atoms with Gasteiger partial charge < -0.3 is 19.9 Å². The Morgan fingerprint density at radius 1 is 1.14 bits per heavy atom. The lowest BCUT2D eigenvalue weighted by Crippen LogP contribution is -1.98. The van der Waals surface area contributed by atoms with E-state index < -0.39 is 0 Å². The Balaban J connectivity index is 2.22. The second kappa shape index (κ2) is 6.46. The fourth-order valence-corrected chi connectivity index (χ4v) is 1.62. The van der Waals surface area contributed by atoms with Crippen molar-refractivity contribution in [1.82, 2.24) is 10.3 Å². The van der Waals surface area contributed by atoms with Crippen LogP contribution in [0.25, 0.3) is 0 Å². The van der Waals surface area contributed by atoms with Gasteiger partial charge in [-0.3, -0.25) is 5.43 Å². The fraction of sp³-hybridized carbons (Fsp3) is 0.250. The quantitative estimate of drug-likeness (QED) is 0.601. The molecule has 0 unspecified atom stereocenters. The standard InChI is InChI=1S/C12H15N5O4/c1-18-8-4-7(5-9(19-2)10(8)20-3)6-14-15-12-11(13)16-21-17-12/h4-6H,1-3H3,(H2,13,16)(H,15,17). The number of hydrogen-bond donors (Lipinski definition) is 2. The monoisotopic (exact) mass is 293 g/mol. The molecule has 1 heterocycles. The first-order valence-corrected chi connectivity index (χ1v) is 5.86. The van der Waals surface area contributed by atoms with Crippen molar-refractivity contribution < 1.29 is 18.8 Å². The third-order valence-corrected chi connectivity index (χ3v) is 2.59. The average Bonchev–Trinajstić information content (AvgIpc) is 2.91. The van der Waals surface area contributed by atoms with Gasteiger partial charge in [0.1, 0.15) is 0 Å². The highest BCUT2D eigenvalue weighted by molar-refractivity contribution is 5.83. The number of ether oxygens (including phenoxy) is 3. The Morgan fingerprint density at radius 2 is 1.81 bits per heavy atom. The predicted molar refractivity (Wildman–Crippen MR) is 76.0 cm³/mol. The molecule has 0 spiro atoms. The summed E-state index contributed by atoms with van der Waals surface area (Å²) in [5.74, 6) is 1.92. The Hall–Kier alpha value is -2.97. The van der Waals surface area contributed by atoms with Crippen LogP contribution in [0, 0.1) is 0 Å². The number of benzene rings is 1. The van der Waals surface area contributed by atoms with Crippen LogP contribution in [0.1, 0.15) is 5.56 Å². The van der Waals surface area contributed by atoms with Crippen molar-refractivity contribution in [3.8, 4) is 17.2 Å². The maximum Gasteiger partial charge on any atom is 0.235 e. The van der Waals surface area contributed by atoms with Gasteiger partial charge in [0.2, 0.25) is 17.4 Å². The van der Waals surface area contributed by atoms with Gasteiger partial charge in [-0.15, -0.1) is 0 Å². The molecule has 0 fully saturated rings. The van der Waals surface area contributed by atoms with E-state index in [0.29, 0.717) is 17.2 Å². The molecule has 0 aliphatic rings. The number of nitrogens with zero attached hydrogens (tertiary/aromatic N) is 3. The van der Waals surface area contributed by atoms with Crippen LogP contribution in [0.4, 0.5) is 11.6 Å². The summed E-state index contributed by atoms with van der Waals surface area (Å²) >= 11 is 0. The lowest BCUT2D eigenvalue weighted by Gasteiger charge is -2.12. The first-order valence-electron chi connectivity index (χ1n) is 5.86. The zero-order chi connectivity index (χ0) is 15.2. The number of rotatable bonds is 6. The van der Waals surface area contributed by atoms with Crippen LogP contribution in [-0.4, -0.2) is 37.9 Å². The molecule has 0 aliphatic heterocycles. The SMILES string of the molecule is COc1cc(C=NNc2nonc2N)cc(OC)c1OC. The Kier molecular flexibility index (Phi) is 4.44. The van der Waals surface area contributed by atoms with Crippen LogP contribution in [-0.2, 0) is 0 Å². The zero-order valence-corrected chi connectivity index (χ0v) is 11.8. The second-order valence-electron chi connectivity index (χ2n) is 3.83. The number of anilines is 2. The van der Waals surface area contributed by atoms with E-state index in [4.69, 9.17) is 19.9 Å². The van der Waals surface area contributed by atoms with Gasteiger partial charge in [-0.2, -0.15) is 5.10 Å². The van der Waals surface area contributed by atoms with E-state index in [2.05, 4.69) is 25.5 Å². The smallest absolute Gasteiger partial charge is 0.235 e. The molecular formula is C12H15N5O4. The van der Waals surface area contributed by atoms with E-state index in [9.17, 15) is 0 Å². The molecule has 0 bridgehead atoms. The number of nitrogens with two attached hydrogens (primary N) is 1. The summed E-state index contributed by atoms with van der Waals surface area (Å²) in [6, 6.07) is 3.49. The van der Waals surface area contributed by atoms with Crippen LogP contribution in [0.15, 0.2) is 21.9 Å². The lowest BCUT2D eigenvalue weighted by atomic mass is 10.2. The number of hydrogen-bond acceptors (Lipinski definition) is 9. The summed E-state index contributed by atoms with van der Waals surface area (Å²) in [5.41, 5.74) is 8.83. The molecular weight excluding hydrogens is 278 g/mol. The van der Waals surface area contributed by atoms with Crippen molar-refractivity contribution in [1.29, 1.82) is 0 Å². The summed E-state index contributed by atoms with van der Waals surface area (Å²) in [4.78, 5) is 0. The van der Waals surface area contributed by atoms with Gasteiger partial charge in [-0.1, -0.05) is 0 Å². The van der Waals surface area contributed by atoms with Gasteiger partial charge >= 0.3 is 0 Å². The van der Waals surface area contributed by atoms with Crippen LogP contribution in [0.2, 0.25) is 0 Å². The lowest BCUT2D eigenvalue weighted by molar-refractivity contribution is 0.310. The van der Waals surface area contributed by atoms with Crippen molar-refractivity contribution in [3.63, 3.8) is 0 Å². The summed E-state index contributed by atoms with van der Waals surface area (Å²) in [6.45, 7) is 0. The van der Waals surface area contributed by atoms with Crippen molar-refractivity contribution in [2.24, 2.45) is 5.10 Å². The van der Waals surface area contributed by atoms with Crippen LogP contribution in [0.3, 0.4) is 0 Å². The molecule has 21 heavy (non-hydrogen) atoms. The average molecular weight is 293 g/mol. The fourth-order valence-electron chi connectivity index (χ4n) is 1.62.